The van der Waals surface area contributed by atoms with Gasteiger partial charge in [-0.15, -0.1) is 0 Å². The van der Waals surface area contributed by atoms with Crippen LogP contribution < -0.4 is 0 Å². The predicted octanol–water partition coefficient (Wildman–Crippen LogP) is 4.53. The SMILES string of the molecule is CN(CCCc1ccccc1)C(=O)C1CCn2c(C(=O)C3=CCCC=C3)ccc21. The van der Waals surface area contributed by atoms with Crippen molar-refractivity contribution in [3.63, 3.8) is 0 Å². The number of likely N-dealkylation sites (N-methyl/N-ethyl adjacent to an activating group) is 1. The van der Waals surface area contributed by atoms with E-state index in [2.05, 4.69) is 30.3 Å². The molecule has 0 N–H and O–H groups in total. The van der Waals surface area contributed by atoms with Crippen molar-refractivity contribution in [2.24, 2.45) is 0 Å². The minimum absolute atomic E-state index is 0.0662. The smallest absolute Gasteiger partial charge is 0.231 e. The van der Waals surface area contributed by atoms with E-state index in [1.807, 2.05) is 46.9 Å². The minimum Gasteiger partial charge on any atom is -0.345 e. The fourth-order valence-electron chi connectivity index (χ4n) is 4.36. The van der Waals surface area contributed by atoms with Gasteiger partial charge in [0.15, 0.2) is 0 Å². The van der Waals surface area contributed by atoms with Crippen LogP contribution in [0.1, 0.15) is 53.3 Å². The number of benzene rings is 1. The molecule has 0 fully saturated rings. The Morgan fingerprint density at radius 3 is 2.69 bits per heavy atom. The van der Waals surface area contributed by atoms with Gasteiger partial charge in [-0.3, -0.25) is 9.59 Å². The summed E-state index contributed by atoms with van der Waals surface area (Å²) < 4.78 is 2.05. The van der Waals surface area contributed by atoms with Gasteiger partial charge in [0, 0.05) is 31.4 Å². The van der Waals surface area contributed by atoms with Crippen molar-refractivity contribution in [1.82, 2.24) is 9.47 Å². The third-order valence-electron chi connectivity index (χ3n) is 5.98. The average Bonchev–Trinajstić information content (AvgIpc) is 3.36. The number of Topliss-reactive ketones (excluding diaryl/α,β-unsaturated/α-hetero) is 1. The zero-order valence-electron chi connectivity index (χ0n) is 17.0. The van der Waals surface area contributed by atoms with E-state index in [4.69, 9.17) is 0 Å². The first kappa shape index (κ1) is 19.4. The number of fused-ring (bicyclic) bond motifs is 1. The summed E-state index contributed by atoms with van der Waals surface area (Å²) in [6, 6.07) is 14.2. The van der Waals surface area contributed by atoms with Crippen molar-refractivity contribution in [2.45, 2.75) is 44.6 Å². The number of carbonyl (C=O) groups is 2. The van der Waals surface area contributed by atoms with Gasteiger partial charge in [-0.25, -0.2) is 0 Å². The second-order valence-corrected chi connectivity index (χ2v) is 7.95. The van der Waals surface area contributed by atoms with Crippen LogP contribution in [-0.4, -0.2) is 34.7 Å². The van der Waals surface area contributed by atoms with E-state index in [0.717, 1.165) is 56.5 Å². The molecular weight excluding hydrogens is 360 g/mol. The van der Waals surface area contributed by atoms with Crippen LogP contribution >= 0.6 is 0 Å². The second-order valence-electron chi connectivity index (χ2n) is 7.95. The largest absolute Gasteiger partial charge is 0.345 e. The van der Waals surface area contributed by atoms with E-state index in [9.17, 15) is 9.59 Å². The molecule has 1 atom stereocenters. The first-order chi connectivity index (χ1) is 14.1. The molecule has 1 unspecified atom stereocenters. The van der Waals surface area contributed by atoms with E-state index >= 15 is 0 Å². The summed E-state index contributed by atoms with van der Waals surface area (Å²) in [5, 5.41) is 0. The third-order valence-corrected chi connectivity index (χ3v) is 5.98. The molecule has 0 bridgehead atoms. The minimum atomic E-state index is -0.144. The number of aryl methyl sites for hydroxylation is 1. The fraction of sp³-hybridized carbons (Fsp3) is 0.360. The predicted molar refractivity (Wildman–Crippen MR) is 115 cm³/mol. The lowest BCUT2D eigenvalue weighted by Crippen LogP contribution is -2.32. The van der Waals surface area contributed by atoms with Crippen LogP contribution in [0.15, 0.2) is 66.3 Å². The van der Waals surface area contributed by atoms with Crippen LogP contribution in [0.2, 0.25) is 0 Å². The second kappa shape index (κ2) is 8.64. The Balaban J connectivity index is 1.39. The van der Waals surface area contributed by atoms with Gasteiger partial charge in [0.1, 0.15) is 0 Å². The lowest BCUT2D eigenvalue weighted by molar-refractivity contribution is -0.131. The summed E-state index contributed by atoms with van der Waals surface area (Å²) in [5.41, 5.74) is 3.76. The number of ketones is 1. The maximum atomic E-state index is 13.0. The molecule has 4 rings (SSSR count). The number of rotatable bonds is 7. The summed E-state index contributed by atoms with van der Waals surface area (Å²) in [5.74, 6) is 0.0800. The topological polar surface area (TPSA) is 42.3 Å². The zero-order valence-corrected chi connectivity index (χ0v) is 17.0. The molecule has 1 amide bonds. The molecule has 1 aromatic carbocycles. The number of amides is 1. The van der Waals surface area contributed by atoms with Crippen LogP contribution in [0.25, 0.3) is 0 Å². The summed E-state index contributed by atoms with van der Waals surface area (Å²) >= 11 is 0. The van der Waals surface area contributed by atoms with Crippen molar-refractivity contribution < 1.29 is 9.59 Å². The highest BCUT2D eigenvalue weighted by Crippen LogP contribution is 2.33. The monoisotopic (exact) mass is 388 g/mol. The Bertz CT molecular complexity index is 952. The highest BCUT2D eigenvalue weighted by molar-refractivity contribution is 6.10. The standard InChI is InChI=1S/C25H28N2O2/c1-26(17-8-11-19-9-4-2-5-10-19)25(29)21-16-18-27-22(21)14-15-23(27)24(28)20-12-6-3-7-13-20/h2,4-6,9-10,12-15,21H,3,7-8,11,16-18H2,1H3. The van der Waals surface area contributed by atoms with E-state index in [1.54, 1.807) is 0 Å². The van der Waals surface area contributed by atoms with Gasteiger partial charge >= 0.3 is 0 Å². The quantitative estimate of drug-likeness (QED) is 0.654. The maximum absolute atomic E-state index is 13.0. The number of nitrogens with zero attached hydrogens (tertiary/aromatic N) is 2. The van der Waals surface area contributed by atoms with Crippen LogP contribution in [0.4, 0.5) is 0 Å². The van der Waals surface area contributed by atoms with E-state index in [-0.39, 0.29) is 17.6 Å². The molecule has 29 heavy (non-hydrogen) atoms. The van der Waals surface area contributed by atoms with Crippen LogP contribution in [0.5, 0.6) is 0 Å². The molecule has 0 radical (unpaired) electrons. The summed E-state index contributed by atoms with van der Waals surface area (Å²) in [4.78, 5) is 27.8. The van der Waals surface area contributed by atoms with E-state index < -0.39 is 0 Å². The summed E-state index contributed by atoms with van der Waals surface area (Å²) in [7, 11) is 1.89. The number of hydrogen-bond acceptors (Lipinski definition) is 2. The lowest BCUT2D eigenvalue weighted by Gasteiger charge is -2.21. The fourth-order valence-corrected chi connectivity index (χ4v) is 4.36. The molecule has 150 valence electrons. The Morgan fingerprint density at radius 2 is 1.93 bits per heavy atom. The molecule has 4 heteroatoms. The van der Waals surface area contributed by atoms with Gasteiger partial charge in [-0.2, -0.15) is 0 Å². The Hall–Kier alpha value is -2.88. The molecular formula is C25H28N2O2. The molecule has 0 saturated carbocycles. The molecule has 1 aliphatic carbocycles. The highest BCUT2D eigenvalue weighted by Gasteiger charge is 2.33. The molecule has 2 aliphatic rings. The molecule has 1 aromatic heterocycles. The third kappa shape index (κ3) is 4.12. The lowest BCUT2D eigenvalue weighted by atomic mass is 10.0. The van der Waals surface area contributed by atoms with Crippen molar-refractivity contribution in [1.29, 1.82) is 0 Å². The Morgan fingerprint density at radius 1 is 1.10 bits per heavy atom. The molecule has 1 aliphatic heterocycles. The molecule has 0 saturated heterocycles. The molecule has 2 heterocycles. The number of carbonyl (C=O) groups excluding carboxylic acids is 2. The maximum Gasteiger partial charge on any atom is 0.231 e. The normalized spacial score (nSPS) is 17.7. The zero-order chi connectivity index (χ0) is 20.2. The molecule has 4 nitrogen and oxygen atoms in total. The van der Waals surface area contributed by atoms with Gasteiger partial charge in [0.25, 0.3) is 0 Å². The van der Waals surface area contributed by atoms with Gasteiger partial charge in [-0.1, -0.05) is 48.6 Å². The number of hydrogen-bond donors (Lipinski definition) is 0. The van der Waals surface area contributed by atoms with Crippen molar-refractivity contribution >= 4 is 11.7 Å². The van der Waals surface area contributed by atoms with E-state index in [0.29, 0.717) is 5.69 Å². The van der Waals surface area contributed by atoms with Crippen LogP contribution in [0, 0.1) is 0 Å². The van der Waals surface area contributed by atoms with Crippen molar-refractivity contribution in [2.75, 3.05) is 13.6 Å². The first-order valence-corrected chi connectivity index (χ1v) is 10.5. The van der Waals surface area contributed by atoms with Gasteiger partial charge < -0.3 is 9.47 Å². The average molecular weight is 389 g/mol. The van der Waals surface area contributed by atoms with Crippen LogP contribution in [-0.2, 0) is 17.8 Å². The summed E-state index contributed by atoms with van der Waals surface area (Å²) in [6.45, 7) is 1.48. The number of aromatic nitrogens is 1. The Kier molecular flexibility index (Phi) is 5.79. The Labute approximate surface area is 172 Å². The molecule has 0 spiro atoms. The summed E-state index contributed by atoms with van der Waals surface area (Å²) in [6.07, 6.45) is 10.6. The van der Waals surface area contributed by atoms with Gasteiger partial charge in [-0.05, 0) is 49.8 Å². The highest BCUT2D eigenvalue weighted by atomic mass is 16.2. The van der Waals surface area contributed by atoms with Crippen molar-refractivity contribution in [3.05, 3.63) is 83.2 Å². The van der Waals surface area contributed by atoms with Crippen molar-refractivity contribution in [3.8, 4) is 0 Å². The first-order valence-electron chi connectivity index (χ1n) is 10.5. The number of allylic oxidation sites excluding steroid dienone is 4. The molecule has 2 aromatic rings. The van der Waals surface area contributed by atoms with Gasteiger partial charge in [0.2, 0.25) is 11.7 Å². The van der Waals surface area contributed by atoms with Crippen LogP contribution in [0.3, 0.4) is 0 Å². The van der Waals surface area contributed by atoms with Gasteiger partial charge in [0.05, 0.1) is 11.6 Å². The van der Waals surface area contributed by atoms with E-state index in [1.165, 1.54) is 5.56 Å².